The Kier molecular flexibility index (Phi) is 7.28. The van der Waals surface area contributed by atoms with Crippen molar-refractivity contribution in [2.75, 3.05) is 0 Å². The van der Waals surface area contributed by atoms with Crippen molar-refractivity contribution in [1.82, 2.24) is 9.55 Å². The number of nitrogens with zero attached hydrogens (tertiary/aromatic N) is 2. The fraction of sp³-hybridized carbons (Fsp3) is 0.0455. The predicted molar refractivity (Wildman–Crippen MR) is 143 cm³/mol. The van der Waals surface area contributed by atoms with Crippen LogP contribution in [0.3, 0.4) is 0 Å². The van der Waals surface area contributed by atoms with Gasteiger partial charge in [-0.3, -0.25) is 14.7 Å². The number of imidazole rings is 1. The first-order valence-electron chi connectivity index (χ1n) is 9.69. The number of halogens is 4. The number of nitro groups is 1. The Bertz CT molecular complexity index is 1690. The number of benzene rings is 3. The summed E-state index contributed by atoms with van der Waals surface area (Å²) in [5.41, 5.74) is 1.10. The van der Waals surface area contributed by atoms with Gasteiger partial charge in [-0.15, -0.1) is 0 Å². The van der Waals surface area contributed by atoms with E-state index in [0.717, 1.165) is 0 Å². The highest BCUT2D eigenvalue weighted by atomic mass is 35.5. The molecule has 0 aliphatic rings. The van der Waals surface area contributed by atoms with Gasteiger partial charge in [-0.1, -0.05) is 58.5 Å². The van der Waals surface area contributed by atoms with E-state index in [0.29, 0.717) is 26.6 Å². The molecule has 0 radical (unpaired) electrons. The Labute approximate surface area is 224 Å². The van der Waals surface area contributed by atoms with Crippen molar-refractivity contribution in [2.45, 2.75) is 5.75 Å². The lowest BCUT2D eigenvalue weighted by atomic mass is 10.2. The Morgan fingerprint density at radius 3 is 2.29 bits per heavy atom. The number of rotatable bonds is 6. The molecule has 0 bridgehead atoms. The van der Waals surface area contributed by atoms with E-state index in [9.17, 15) is 18.5 Å². The maximum atomic E-state index is 13.7. The van der Waals surface area contributed by atoms with Gasteiger partial charge in [0.25, 0.3) is 5.69 Å². The molecule has 35 heavy (non-hydrogen) atoms. The van der Waals surface area contributed by atoms with E-state index < -0.39 is 20.5 Å². The minimum absolute atomic E-state index is 0.0897. The van der Waals surface area contributed by atoms with Crippen LogP contribution in [0.1, 0.15) is 11.1 Å². The highest BCUT2D eigenvalue weighted by Crippen LogP contribution is 2.35. The van der Waals surface area contributed by atoms with Crippen LogP contribution in [-0.4, -0.2) is 22.9 Å². The summed E-state index contributed by atoms with van der Waals surface area (Å²) in [5.74, 6) is -0.469. The van der Waals surface area contributed by atoms with Crippen molar-refractivity contribution in [3.8, 4) is 0 Å². The van der Waals surface area contributed by atoms with Crippen molar-refractivity contribution in [2.24, 2.45) is 0 Å². The third kappa shape index (κ3) is 5.40. The third-order valence-electron chi connectivity index (χ3n) is 5.05. The molecule has 1 heterocycles. The van der Waals surface area contributed by atoms with Crippen molar-refractivity contribution in [3.63, 3.8) is 0 Å². The molecule has 0 saturated carbocycles. The number of hydrogen-bond donors (Lipinski definition) is 1. The standard InChI is InChI=1S/C22H13Cl4N3O4S2/c23-13-2-1-12(17(25)7-13)11-35(32,33)21(16-5-3-14(24)8-18(16)26)10-28-20-9-15(29(30)31)4-6-19(20)27-22(28)34/h1-10H,11H2,(H,27,34). The highest BCUT2D eigenvalue weighted by Gasteiger charge is 2.25. The molecule has 13 heteroatoms. The summed E-state index contributed by atoms with van der Waals surface area (Å²) < 4.78 is 28.9. The molecule has 1 aromatic heterocycles. The van der Waals surface area contributed by atoms with Crippen LogP contribution in [-0.2, 0) is 15.6 Å². The molecule has 0 amide bonds. The molecule has 0 aliphatic carbocycles. The number of aromatic amines is 1. The molecule has 0 fully saturated rings. The van der Waals surface area contributed by atoms with Crippen LogP contribution < -0.4 is 0 Å². The van der Waals surface area contributed by atoms with Gasteiger partial charge in [-0.25, -0.2) is 8.42 Å². The topological polar surface area (TPSA) is 98.0 Å². The Hall–Kier alpha value is -2.40. The van der Waals surface area contributed by atoms with Crippen LogP contribution in [0.5, 0.6) is 0 Å². The number of nitrogens with one attached hydrogen (secondary N) is 1. The normalized spacial score (nSPS) is 12.3. The summed E-state index contributed by atoms with van der Waals surface area (Å²) in [5, 5.41) is 12.2. The van der Waals surface area contributed by atoms with E-state index in [1.165, 1.54) is 65.4 Å². The van der Waals surface area contributed by atoms with Crippen LogP contribution in [0, 0.1) is 14.9 Å². The van der Waals surface area contributed by atoms with Gasteiger partial charge in [0.15, 0.2) is 14.6 Å². The average Bonchev–Trinajstić information content (AvgIpc) is 3.08. The molecule has 7 nitrogen and oxygen atoms in total. The highest BCUT2D eigenvalue weighted by molar-refractivity contribution is 8.00. The molecule has 1 N–H and O–H groups in total. The second-order valence-electron chi connectivity index (χ2n) is 7.37. The second-order valence-corrected chi connectivity index (χ2v) is 11.4. The van der Waals surface area contributed by atoms with Crippen LogP contribution in [0.15, 0.2) is 54.6 Å². The lowest BCUT2D eigenvalue weighted by Crippen LogP contribution is -2.09. The maximum absolute atomic E-state index is 13.7. The van der Waals surface area contributed by atoms with E-state index in [-0.39, 0.29) is 31.0 Å². The fourth-order valence-electron chi connectivity index (χ4n) is 3.40. The molecule has 4 rings (SSSR count). The van der Waals surface area contributed by atoms with Crippen molar-refractivity contribution in [3.05, 3.63) is 101 Å². The van der Waals surface area contributed by atoms with E-state index in [1.54, 1.807) is 0 Å². The van der Waals surface area contributed by atoms with Gasteiger partial charge >= 0.3 is 0 Å². The molecule has 0 aliphatic heterocycles. The number of sulfone groups is 1. The molecule has 3 aromatic carbocycles. The van der Waals surface area contributed by atoms with E-state index in [4.69, 9.17) is 58.6 Å². The van der Waals surface area contributed by atoms with Gasteiger partial charge in [0.2, 0.25) is 0 Å². The first kappa shape index (κ1) is 25.7. The van der Waals surface area contributed by atoms with Gasteiger partial charge in [0, 0.05) is 39.0 Å². The van der Waals surface area contributed by atoms with Gasteiger partial charge in [-0.2, -0.15) is 0 Å². The van der Waals surface area contributed by atoms with Crippen LogP contribution in [0.4, 0.5) is 5.69 Å². The Morgan fingerprint density at radius 2 is 1.66 bits per heavy atom. The summed E-state index contributed by atoms with van der Waals surface area (Å²) in [6.07, 6.45) is 1.28. The van der Waals surface area contributed by atoms with Crippen LogP contribution >= 0.6 is 58.6 Å². The van der Waals surface area contributed by atoms with Gasteiger partial charge in [-0.05, 0) is 48.1 Å². The lowest BCUT2D eigenvalue weighted by Gasteiger charge is -2.13. The lowest BCUT2D eigenvalue weighted by molar-refractivity contribution is -0.384. The second kappa shape index (κ2) is 9.93. The van der Waals surface area contributed by atoms with E-state index in [1.807, 2.05) is 0 Å². The molecule has 0 unspecified atom stereocenters. The first-order chi connectivity index (χ1) is 16.5. The van der Waals surface area contributed by atoms with Gasteiger partial charge in [0.1, 0.15) is 0 Å². The number of hydrogen-bond acceptors (Lipinski definition) is 5. The SMILES string of the molecule is O=[N+]([O-])c1ccc2[nH]c(=S)n(C=C(c3ccc(Cl)cc3Cl)S(=O)(=O)Cc3ccc(Cl)cc3Cl)c2c1. The summed E-state index contributed by atoms with van der Waals surface area (Å²) in [6, 6.07) is 13.0. The Balaban J connectivity index is 1.97. The van der Waals surface area contributed by atoms with E-state index >= 15 is 0 Å². The number of H-pyrrole nitrogens is 1. The largest absolute Gasteiger partial charge is 0.330 e. The number of non-ortho nitro benzene ring substituents is 1. The minimum Gasteiger partial charge on any atom is -0.330 e. The fourth-order valence-corrected chi connectivity index (χ4v) is 6.37. The summed E-state index contributed by atoms with van der Waals surface area (Å²) in [4.78, 5) is 13.5. The molecular weight excluding hydrogens is 576 g/mol. The third-order valence-corrected chi connectivity index (χ3v) is 8.17. The quantitative estimate of drug-likeness (QED) is 0.141. The van der Waals surface area contributed by atoms with Crippen LogP contribution in [0.25, 0.3) is 22.1 Å². The average molecular weight is 589 g/mol. The predicted octanol–water partition coefficient (Wildman–Crippen LogP) is 7.79. The van der Waals surface area contributed by atoms with Crippen molar-refractivity contribution in [1.29, 1.82) is 0 Å². The van der Waals surface area contributed by atoms with Crippen molar-refractivity contribution < 1.29 is 13.3 Å². The zero-order valence-electron chi connectivity index (χ0n) is 17.3. The zero-order chi connectivity index (χ0) is 25.5. The zero-order valence-corrected chi connectivity index (χ0v) is 22.0. The molecule has 0 atom stereocenters. The number of fused-ring (bicyclic) bond motifs is 1. The molecule has 4 aromatic rings. The number of aromatic nitrogens is 2. The van der Waals surface area contributed by atoms with Gasteiger partial charge in [0.05, 0.1) is 31.6 Å². The summed E-state index contributed by atoms with van der Waals surface area (Å²) in [6.45, 7) is 0. The molecule has 180 valence electrons. The maximum Gasteiger partial charge on any atom is 0.271 e. The molecule has 0 spiro atoms. The van der Waals surface area contributed by atoms with Crippen LogP contribution in [0.2, 0.25) is 20.1 Å². The number of nitro benzene ring substituents is 1. The summed E-state index contributed by atoms with van der Waals surface area (Å²) >= 11 is 30.0. The smallest absolute Gasteiger partial charge is 0.271 e. The van der Waals surface area contributed by atoms with Gasteiger partial charge < -0.3 is 4.98 Å². The molecule has 0 saturated heterocycles. The van der Waals surface area contributed by atoms with Crippen molar-refractivity contribution >= 4 is 96.3 Å². The Morgan fingerprint density at radius 1 is 1.00 bits per heavy atom. The minimum atomic E-state index is -4.10. The summed E-state index contributed by atoms with van der Waals surface area (Å²) in [7, 11) is -4.10. The molecular formula is C22H13Cl4N3O4S2. The first-order valence-corrected chi connectivity index (χ1v) is 13.3. The van der Waals surface area contributed by atoms with E-state index in [2.05, 4.69) is 4.98 Å². The monoisotopic (exact) mass is 587 g/mol.